The normalized spacial score (nSPS) is 18.9. The Morgan fingerprint density at radius 2 is 0.906 bits per heavy atom. The molecule has 13 N–H and O–H groups in total. The predicted octanol–water partition coefficient (Wildman–Crippen LogP) is 13.6. The summed E-state index contributed by atoms with van der Waals surface area (Å²) in [4.78, 5) is 75.8. The Morgan fingerprint density at radius 3 is 1.31 bits per heavy atom. The van der Waals surface area contributed by atoms with Crippen LogP contribution in [0.5, 0.6) is 11.5 Å². The summed E-state index contributed by atoms with van der Waals surface area (Å²) < 4.78 is 85.0. The molecule has 3 spiro atoms. The van der Waals surface area contributed by atoms with Crippen LogP contribution in [0.15, 0.2) is 141 Å². The van der Waals surface area contributed by atoms with Crippen molar-refractivity contribution in [1.82, 2.24) is 60.3 Å². The van der Waals surface area contributed by atoms with Gasteiger partial charge in [0.05, 0.1) is 82.3 Å². The van der Waals surface area contributed by atoms with Crippen molar-refractivity contribution >= 4 is 132 Å². The zero-order valence-electron chi connectivity index (χ0n) is 70.0. The maximum atomic E-state index is 12.9. The molecule has 127 heavy (non-hydrogen) atoms. The van der Waals surface area contributed by atoms with Crippen LogP contribution in [-0.4, -0.2) is 187 Å². The maximum absolute atomic E-state index is 12.9. The Hall–Kier alpha value is -11.8. The van der Waals surface area contributed by atoms with E-state index in [1.807, 2.05) is 80.1 Å². The Balaban J connectivity index is 0.000000125. The van der Waals surface area contributed by atoms with E-state index in [1.54, 1.807) is 41.2 Å². The Kier molecular flexibility index (Phi) is 25.0. The molecule has 15 heterocycles. The average molecular weight is 1840 g/mol. The molecule has 31 nitrogen and oxygen atoms in total. The van der Waals surface area contributed by atoms with Crippen LogP contribution in [0.4, 0.5) is 74.5 Å². The SMILES string of the molecule is CN1c2ccc(-c3cnc(N)c(Cl)c3N3CCC(CN4CCCC4)(C(N)=O)CC3)cc2CS1(=O)=O.Cn1cc(-c2ccc(-c3cnc(N)c(Cl)c3N3CCC4(CC3)CNC(=O)O4)cc2)cn1.Cn1cc(Oc2ccc(-c3cnc(N)c(Cl)c3N3CCC4(CCNC4=O)CC3)cc2)cn1.Nc1ncc(-c2ccc(C(F)(F)F)cc2)c(N2CCC3(CC2)CNC(=O)O3)c1Cl. The van der Waals surface area contributed by atoms with Crippen molar-refractivity contribution in [2.75, 3.05) is 146 Å². The first-order valence-corrected chi connectivity index (χ1v) is 44.9. The van der Waals surface area contributed by atoms with Crippen LogP contribution in [0, 0.1) is 10.8 Å². The number of likely N-dealkylation sites (tertiary alicyclic amines) is 1. The van der Waals surface area contributed by atoms with Gasteiger partial charge in [-0.1, -0.05) is 101 Å². The first-order chi connectivity index (χ1) is 60.7. The maximum Gasteiger partial charge on any atom is 0.416 e. The van der Waals surface area contributed by atoms with E-state index in [2.05, 4.69) is 89.9 Å². The number of rotatable bonds is 14. The van der Waals surface area contributed by atoms with Gasteiger partial charge in [-0.05, 0) is 128 Å². The molecular weight excluding hydrogens is 1740 g/mol. The van der Waals surface area contributed by atoms with Crippen LogP contribution in [0.2, 0.25) is 20.1 Å². The zero-order valence-corrected chi connectivity index (χ0v) is 73.9. The first kappa shape index (κ1) is 88.7. The smallest absolute Gasteiger partial charge is 0.416 e. The number of anilines is 9. The van der Waals surface area contributed by atoms with Gasteiger partial charge in [-0.15, -0.1) is 0 Å². The fourth-order valence-corrected chi connectivity index (χ4v) is 20.8. The molecule has 10 aromatic rings. The number of hydrogen-bond donors (Lipinski definition) is 8. The van der Waals surface area contributed by atoms with Crippen molar-refractivity contribution in [3.8, 4) is 67.1 Å². The molecular formula is C88H97Cl4F3N22O9S. The Bertz CT molecular complexity index is 5940. The summed E-state index contributed by atoms with van der Waals surface area (Å²) in [5, 5.41) is 18.3. The fourth-order valence-electron chi connectivity index (χ4n) is 18.4. The van der Waals surface area contributed by atoms with Gasteiger partial charge in [0, 0.05) is 171 Å². The highest BCUT2D eigenvalue weighted by Crippen LogP contribution is 2.50. The topological polar surface area (TPSA) is 403 Å². The molecule has 0 unspecified atom stereocenters. The number of fused-ring (bicyclic) bond motifs is 1. The van der Waals surface area contributed by atoms with Gasteiger partial charge in [0.25, 0.3) is 0 Å². The van der Waals surface area contributed by atoms with Gasteiger partial charge in [0.1, 0.15) is 60.3 Å². The molecule has 8 saturated heterocycles. The van der Waals surface area contributed by atoms with E-state index in [0.29, 0.717) is 145 Å². The number of benzene rings is 4. The number of ether oxygens (including phenoxy) is 3. The van der Waals surface area contributed by atoms with Crippen molar-refractivity contribution < 1.29 is 55.0 Å². The molecule has 0 radical (unpaired) electrons. The van der Waals surface area contributed by atoms with E-state index >= 15 is 0 Å². The quantitative estimate of drug-likeness (QED) is 0.0501. The minimum absolute atomic E-state index is 0.0422. The molecule has 668 valence electrons. The number of nitrogen functional groups attached to an aromatic ring is 4. The van der Waals surface area contributed by atoms with Crippen LogP contribution in [0.3, 0.4) is 0 Å². The van der Waals surface area contributed by atoms with Crippen molar-refractivity contribution in [1.29, 1.82) is 0 Å². The van der Waals surface area contributed by atoms with Gasteiger partial charge in [-0.25, -0.2) is 37.9 Å². The predicted molar refractivity (Wildman–Crippen MR) is 485 cm³/mol. The summed E-state index contributed by atoms with van der Waals surface area (Å²) in [6.45, 7) is 9.70. The van der Waals surface area contributed by atoms with E-state index < -0.39 is 44.5 Å². The lowest BCUT2D eigenvalue weighted by atomic mass is 9.77. The van der Waals surface area contributed by atoms with Crippen molar-refractivity contribution in [2.45, 2.75) is 93.8 Å². The molecule has 8 fully saturated rings. The van der Waals surface area contributed by atoms with Crippen molar-refractivity contribution in [2.24, 2.45) is 30.7 Å². The lowest BCUT2D eigenvalue weighted by Crippen LogP contribution is -2.52. The summed E-state index contributed by atoms with van der Waals surface area (Å²) in [6, 6.07) is 26.4. The van der Waals surface area contributed by atoms with E-state index in [4.69, 9.17) is 89.3 Å². The standard InChI is InChI=1S/C24H31ClN6O3S.C23H25ClN6O2.C22H23ClN6O2.C19H18ClF3N4O2/c1-29-19-5-4-16(12-17(19)14-35(29,33)34)18-13-28-22(26)20(25)21(18)31-10-6-24(7-11-31,23(27)32)15-30-8-2-3-9-30;1-29-14-17(12-28-29)32-16-4-2-15(3-5-16)18-13-27-21(25)19(24)20(18)30-10-7-23(8-11-30)6-9-26-22(23)31;1-28-12-16(10-27-28)14-2-4-15(5-3-14)17-11-25-20(24)18(23)19(17)29-8-6-22(7-9-29)13-26-21(30)31-22;20-14-15(27-7-5-18(6-8-27)10-26-17(28)29-18)13(9-25-16(14)24)11-1-3-12(4-2-11)19(21,22)23/h4-5,12-13H,2-3,6-11,14-15H2,1H3,(H2,26,28)(H2,27,32);2-5,12-14H,6-11H2,1H3,(H2,25,27)(H,26,31);2-5,10-12H,6-9,13H2,1H3,(H2,24,25)(H,26,30);1-4,9H,5-8,10H2,(H2,24,25)(H,26,28). The number of nitrogens with one attached hydrogen (secondary N) is 3. The van der Waals surface area contributed by atoms with E-state index in [1.165, 1.54) is 22.6 Å². The van der Waals surface area contributed by atoms with Gasteiger partial charge < -0.3 is 83.3 Å². The number of primary amides is 1. The second-order valence-electron chi connectivity index (χ2n) is 33.7. The number of aromatic nitrogens is 8. The molecule has 0 bridgehead atoms. The summed E-state index contributed by atoms with van der Waals surface area (Å²) in [5.41, 5.74) is 40.8. The van der Waals surface area contributed by atoms with Gasteiger partial charge in [0.15, 0.2) is 5.75 Å². The van der Waals surface area contributed by atoms with Crippen LogP contribution in [-0.2, 0) is 55.1 Å². The third-order valence-corrected chi connectivity index (χ3v) is 29.0. The van der Waals surface area contributed by atoms with Crippen molar-refractivity contribution in [3.63, 3.8) is 0 Å². The van der Waals surface area contributed by atoms with Crippen LogP contribution in [0.1, 0.15) is 81.8 Å². The van der Waals surface area contributed by atoms with Crippen LogP contribution < -0.4 is 73.3 Å². The molecule has 0 saturated carbocycles. The van der Waals surface area contributed by atoms with E-state index in [0.717, 1.165) is 157 Å². The van der Waals surface area contributed by atoms with Crippen LogP contribution in [0.25, 0.3) is 55.6 Å². The molecule has 9 aliphatic rings. The fraction of sp³-hybridized carbons (Fsp3) is 0.386. The molecule has 19 rings (SSSR count). The second-order valence-corrected chi connectivity index (χ2v) is 37.2. The lowest BCUT2D eigenvalue weighted by Gasteiger charge is -2.43. The Labute approximate surface area is 751 Å². The summed E-state index contributed by atoms with van der Waals surface area (Å²) in [7, 11) is 1.96. The number of halogens is 7. The van der Waals surface area contributed by atoms with Gasteiger partial charge in [-0.2, -0.15) is 23.4 Å². The number of nitrogens with zero attached hydrogens (tertiary/aromatic N) is 14. The average Bonchev–Trinajstić information content (AvgIpc) is 1.72. The largest absolute Gasteiger partial charge is 0.454 e. The highest BCUT2D eigenvalue weighted by atomic mass is 35.5. The number of amides is 4. The Morgan fingerprint density at radius 1 is 0.496 bits per heavy atom. The third kappa shape index (κ3) is 18.5. The second kappa shape index (κ2) is 35.8. The highest BCUT2D eigenvalue weighted by molar-refractivity contribution is 7.92. The summed E-state index contributed by atoms with van der Waals surface area (Å²) in [5.74, 6) is 2.28. The molecule has 4 aromatic carbocycles. The minimum Gasteiger partial charge on any atom is -0.454 e. The number of carbonyl (C=O) groups is 4. The number of aryl methyl sites for hydroxylation is 2. The number of pyridine rings is 4. The molecule has 0 aliphatic carbocycles. The third-order valence-electron chi connectivity index (χ3n) is 25.8. The van der Waals surface area contributed by atoms with Gasteiger partial charge in [0.2, 0.25) is 21.8 Å². The molecule has 4 amide bonds. The minimum atomic E-state index is -4.41. The number of alkyl carbamates (subject to hydrolysis) is 2. The van der Waals surface area contributed by atoms with E-state index in [-0.39, 0.29) is 45.7 Å². The monoisotopic (exact) mass is 1830 g/mol. The molecule has 0 atom stereocenters. The molecule has 9 aliphatic heterocycles. The first-order valence-electron chi connectivity index (χ1n) is 41.8. The van der Waals surface area contributed by atoms with Gasteiger partial charge >= 0.3 is 18.4 Å². The van der Waals surface area contributed by atoms with Crippen molar-refractivity contribution in [3.05, 3.63) is 172 Å². The molecule has 6 aromatic heterocycles. The number of hydrogen-bond acceptors (Lipinski definition) is 24. The number of piperidine rings is 4. The van der Waals surface area contributed by atoms with E-state index in [9.17, 15) is 40.8 Å². The van der Waals surface area contributed by atoms with Crippen LogP contribution >= 0.6 is 46.4 Å². The lowest BCUT2D eigenvalue weighted by molar-refractivity contribution is -0.137. The number of sulfonamides is 1. The summed E-state index contributed by atoms with van der Waals surface area (Å²) in [6.07, 6.45) is 17.6. The summed E-state index contributed by atoms with van der Waals surface area (Å²) >= 11 is 26.5. The number of nitrogens with two attached hydrogens (primary N) is 5. The highest BCUT2D eigenvalue weighted by Gasteiger charge is 2.48. The number of alkyl halides is 3. The van der Waals surface area contributed by atoms with Gasteiger partial charge in [-0.3, -0.25) is 23.3 Å². The molecule has 39 heteroatoms. The zero-order chi connectivity index (χ0) is 89.7. The number of carbonyl (C=O) groups excluding carboxylic acids is 4.